The first-order chi connectivity index (χ1) is 13.3. The van der Waals surface area contributed by atoms with Gasteiger partial charge in [0.25, 0.3) is 0 Å². The summed E-state index contributed by atoms with van der Waals surface area (Å²) >= 11 is 0. The number of nitrogens with two attached hydrogens (primary N) is 1. The second kappa shape index (κ2) is 7.51. The maximum atomic E-state index is 15.3. The minimum Gasteiger partial charge on any atom is -0.482 e. The average Bonchev–Trinajstić information content (AvgIpc) is 3.41. The number of halogens is 3. The van der Waals surface area contributed by atoms with Crippen molar-refractivity contribution in [2.24, 2.45) is 0 Å². The molecule has 2 aliphatic rings. The predicted octanol–water partition coefficient (Wildman–Crippen LogP) is 2.38. The second-order valence-corrected chi connectivity index (χ2v) is 7.06. The smallest absolute Gasteiger partial charge is 0.341 e. The van der Waals surface area contributed by atoms with Crippen molar-refractivity contribution in [1.82, 2.24) is 9.47 Å². The van der Waals surface area contributed by atoms with E-state index in [2.05, 4.69) is 0 Å². The Labute approximate surface area is 169 Å². The molecule has 0 spiro atoms. The monoisotopic (exact) mass is 428 g/mol. The van der Waals surface area contributed by atoms with Crippen LogP contribution in [0, 0.1) is 17.0 Å². The molecule has 0 bridgehead atoms. The highest BCUT2D eigenvalue weighted by atomic mass is 35.5. The number of carboxylic acids is 1. The summed E-state index contributed by atoms with van der Waals surface area (Å²) in [7, 11) is 0. The number of ether oxygens (including phenoxy) is 1. The molecule has 29 heavy (non-hydrogen) atoms. The molecule has 11 heteroatoms. The lowest BCUT2D eigenvalue weighted by molar-refractivity contribution is 0.0695. The molecule has 1 aliphatic carbocycles. The Balaban J connectivity index is 0.00000240. The van der Waals surface area contributed by atoms with E-state index >= 15 is 4.39 Å². The summed E-state index contributed by atoms with van der Waals surface area (Å²) in [5, 5.41) is 16.0. The van der Waals surface area contributed by atoms with Gasteiger partial charge in [-0.2, -0.15) is 0 Å². The average molecular weight is 429 g/mol. The number of aromatic nitrogens is 1. The zero-order valence-electron chi connectivity index (χ0n) is 15.2. The van der Waals surface area contributed by atoms with E-state index in [-0.39, 0.29) is 24.0 Å². The summed E-state index contributed by atoms with van der Waals surface area (Å²) < 4.78 is 37.0. The standard InChI is InChI=1S/C18H18F2N4O4.ClH/c19-12-14(22)11-15(13(20)17(12)28-9-3-4-23(5-9)7-21)24(8-1-2-8)6-10(16(11)25)18(26)27;/h6-9,21H,1-5,22H2,(H,26,27);1H. The van der Waals surface area contributed by atoms with Gasteiger partial charge in [0.2, 0.25) is 5.43 Å². The summed E-state index contributed by atoms with van der Waals surface area (Å²) in [6.45, 7) is 0.822. The van der Waals surface area contributed by atoms with Crippen molar-refractivity contribution in [2.45, 2.75) is 31.4 Å². The molecular formula is C18H19ClF2N4O4. The number of nitrogen functional groups attached to an aromatic ring is 1. The number of anilines is 1. The maximum Gasteiger partial charge on any atom is 0.341 e. The number of aromatic carboxylic acids is 1. The minimum absolute atomic E-state index is 0. The molecule has 2 fully saturated rings. The Morgan fingerprint density at radius 2 is 2.00 bits per heavy atom. The van der Waals surface area contributed by atoms with Crippen molar-refractivity contribution in [1.29, 1.82) is 5.41 Å². The van der Waals surface area contributed by atoms with E-state index in [0.29, 0.717) is 32.4 Å². The summed E-state index contributed by atoms with van der Waals surface area (Å²) in [6.07, 6.45) is 3.51. The third kappa shape index (κ3) is 3.37. The third-order valence-electron chi connectivity index (χ3n) is 5.16. The minimum atomic E-state index is -1.49. The van der Waals surface area contributed by atoms with Crippen molar-refractivity contribution in [3.63, 3.8) is 0 Å². The second-order valence-electron chi connectivity index (χ2n) is 7.06. The molecule has 8 nitrogen and oxygen atoms in total. The molecule has 4 rings (SSSR count). The van der Waals surface area contributed by atoms with Crippen LogP contribution in [-0.2, 0) is 0 Å². The van der Waals surface area contributed by atoms with Crippen molar-refractivity contribution in [2.75, 3.05) is 18.8 Å². The Kier molecular flexibility index (Phi) is 5.40. The van der Waals surface area contributed by atoms with Gasteiger partial charge in [-0.1, -0.05) is 0 Å². The number of carbonyl (C=O) groups is 1. The normalized spacial score (nSPS) is 18.6. The van der Waals surface area contributed by atoms with Gasteiger partial charge in [-0.3, -0.25) is 10.2 Å². The Morgan fingerprint density at radius 1 is 1.31 bits per heavy atom. The van der Waals surface area contributed by atoms with Gasteiger partial charge in [-0.25, -0.2) is 13.6 Å². The lowest BCUT2D eigenvalue weighted by Crippen LogP contribution is -2.25. The number of carboxylic acid groups (broad SMARTS) is 1. The molecule has 1 saturated heterocycles. The van der Waals surface area contributed by atoms with E-state index in [1.807, 2.05) is 0 Å². The third-order valence-corrected chi connectivity index (χ3v) is 5.16. The summed E-state index contributed by atoms with van der Waals surface area (Å²) in [5.74, 6) is -4.46. The molecule has 1 unspecified atom stereocenters. The van der Waals surface area contributed by atoms with E-state index in [4.69, 9.17) is 15.9 Å². The van der Waals surface area contributed by atoms with Gasteiger partial charge < -0.3 is 25.0 Å². The zero-order chi connectivity index (χ0) is 20.2. The van der Waals surface area contributed by atoms with Gasteiger partial charge in [0.15, 0.2) is 17.4 Å². The van der Waals surface area contributed by atoms with E-state index in [9.17, 15) is 19.1 Å². The molecule has 1 saturated carbocycles. The van der Waals surface area contributed by atoms with Gasteiger partial charge in [0.05, 0.1) is 29.5 Å². The van der Waals surface area contributed by atoms with Crippen molar-refractivity contribution in [3.05, 3.63) is 33.6 Å². The van der Waals surface area contributed by atoms with Gasteiger partial charge in [-0.15, -0.1) is 12.4 Å². The number of benzene rings is 1. The van der Waals surface area contributed by atoms with Gasteiger partial charge in [0, 0.05) is 25.2 Å². The molecule has 1 aromatic carbocycles. The van der Waals surface area contributed by atoms with E-state index in [1.165, 1.54) is 4.57 Å². The number of fused-ring (bicyclic) bond motifs is 1. The fraction of sp³-hybridized carbons (Fsp3) is 0.389. The van der Waals surface area contributed by atoms with E-state index in [0.717, 1.165) is 12.5 Å². The van der Waals surface area contributed by atoms with Crippen LogP contribution in [0.15, 0.2) is 11.0 Å². The topological polar surface area (TPSA) is 122 Å². The van der Waals surface area contributed by atoms with Gasteiger partial charge in [-0.05, 0) is 12.8 Å². The number of likely N-dealkylation sites (tertiary alicyclic amines) is 1. The fourth-order valence-electron chi connectivity index (χ4n) is 3.57. The lowest BCUT2D eigenvalue weighted by atomic mass is 10.1. The molecule has 156 valence electrons. The maximum absolute atomic E-state index is 15.3. The van der Waals surface area contributed by atoms with E-state index < -0.39 is 51.5 Å². The van der Waals surface area contributed by atoms with Crippen LogP contribution in [0.2, 0.25) is 0 Å². The molecular weight excluding hydrogens is 410 g/mol. The first-order valence-electron chi connectivity index (χ1n) is 8.83. The molecule has 1 aromatic heterocycles. The number of hydrogen-bond donors (Lipinski definition) is 3. The number of nitrogens with one attached hydrogen (secondary N) is 1. The Morgan fingerprint density at radius 3 is 2.55 bits per heavy atom. The predicted molar refractivity (Wildman–Crippen MR) is 104 cm³/mol. The summed E-state index contributed by atoms with van der Waals surface area (Å²) in [5.41, 5.74) is 3.31. The molecule has 2 aromatic rings. The van der Waals surface area contributed by atoms with Crippen LogP contribution in [0.3, 0.4) is 0 Å². The number of nitrogens with zero attached hydrogens (tertiary/aromatic N) is 2. The number of hydrogen-bond acceptors (Lipinski definition) is 5. The number of rotatable bonds is 5. The first kappa shape index (κ1) is 20.8. The molecule has 0 amide bonds. The van der Waals surface area contributed by atoms with Crippen LogP contribution in [-0.4, -0.2) is 46.1 Å². The number of pyridine rings is 1. The largest absolute Gasteiger partial charge is 0.482 e. The highest BCUT2D eigenvalue weighted by Crippen LogP contribution is 2.41. The molecule has 0 radical (unpaired) electrons. The Bertz CT molecular complexity index is 1070. The quantitative estimate of drug-likeness (QED) is 0.382. The van der Waals surface area contributed by atoms with Crippen molar-refractivity contribution in [3.8, 4) is 5.75 Å². The SMILES string of the molecule is Cl.N=CN1CCC(Oc2c(F)c(N)c3c(=O)c(C(=O)O)cn(C4CC4)c3c2F)C1. The van der Waals surface area contributed by atoms with Crippen LogP contribution in [0.4, 0.5) is 14.5 Å². The fourth-order valence-corrected chi connectivity index (χ4v) is 3.57. The lowest BCUT2D eigenvalue weighted by Gasteiger charge is -2.19. The van der Waals surface area contributed by atoms with Crippen molar-refractivity contribution >= 4 is 41.3 Å². The van der Waals surface area contributed by atoms with Crippen molar-refractivity contribution < 1.29 is 23.4 Å². The molecule has 2 heterocycles. The van der Waals surface area contributed by atoms with Gasteiger partial charge in [0.1, 0.15) is 11.7 Å². The van der Waals surface area contributed by atoms with Crippen LogP contribution in [0.1, 0.15) is 35.7 Å². The summed E-state index contributed by atoms with van der Waals surface area (Å²) in [6, 6.07) is -0.187. The highest BCUT2D eigenvalue weighted by Gasteiger charge is 2.33. The first-order valence-corrected chi connectivity index (χ1v) is 8.83. The Hall–Kier alpha value is -2.88. The van der Waals surface area contributed by atoms with Crippen LogP contribution < -0.4 is 15.9 Å². The van der Waals surface area contributed by atoms with Crippen LogP contribution in [0.5, 0.6) is 5.75 Å². The zero-order valence-corrected chi connectivity index (χ0v) is 16.0. The molecule has 4 N–H and O–H groups in total. The van der Waals surface area contributed by atoms with Gasteiger partial charge >= 0.3 is 5.97 Å². The molecule has 1 aliphatic heterocycles. The van der Waals surface area contributed by atoms with E-state index in [1.54, 1.807) is 4.90 Å². The summed E-state index contributed by atoms with van der Waals surface area (Å²) in [4.78, 5) is 25.6. The van der Waals surface area contributed by atoms with Crippen LogP contribution in [0.25, 0.3) is 10.9 Å². The highest BCUT2D eigenvalue weighted by molar-refractivity contribution is 5.98. The molecule has 1 atom stereocenters. The van der Waals surface area contributed by atoms with Crippen LogP contribution >= 0.6 is 12.4 Å².